The fourth-order valence-electron chi connectivity index (χ4n) is 2.56. The molecule has 21 heavy (non-hydrogen) atoms. The third-order valence-electron chi connectivity index (χ3n) is 3.83. The minimum atomic E-state index is -0.170. The van der Waals surface area contributed by atoms with Gasteiger partial charge in [-0.15, -0.1) is 0 Å². The van der Waals surface area contributed by atoms with Gasteiger partial charge < -0.3 is 19.8 Å². The highest BCUT2D eigenvalue weighted by Crippen LogP contribution is 2.18. The van der Waals surface area contributed by atoms with Gasteiger partial charge in [0.25, 0.3) is 0 Å². The molecule has 0 saturated carbocycles. The number of hydrogen-bond donors (Lipinski definition) is 2. The van der Waals surface area contributed by atoms with Crippen molar-refractivity contribution in [1.29, 1.82) is 0 Å². The Morgan fingerprint density at radius 1 is 1.52 bits per heavy atom. The maximum atomic E-state index is 12.0. The first-order valence-corrected chi connectivity index (χ1v) is 7.43. The molecule has 6 nitrogen and oxygen atoms in total. The molecular formula is C15H25N3O3. The van der Waals surface area contributed by atoms with E-state index in [9.17, 15) is 4.79 Å². The maximum Gasteiger partial charge on any atom is 0.315 e. The Hall–Kier alpha value is -1.53. The highest BCUT2D eigenvalue weighted by Gasteiger charge is 2.24. The van der Waals surface area contributed by atoms with E-state index in [4.69, 9.17) is 9.15 Å². The molecule has 2 N–H and O–H groups in total. The fourth-order valence-corrected chi connectivity index (χ4v) is 2.56. The van der Waals surface area contributed by atoms with E-state index >= 15 is 0 Å². The molecule has 3 atom stereocenters. The van der Waals surface area contributed by atoms with Gasteiger partial charge in [0.2, 0.25) is 0 Å². The second-order valence-electron chi connectivity index (χ2n) is 5.69. The molecule has 118 valence electrons. The molecule has 1 saturated heterocycles. The Morgan fingerprint density at radius 2 is 2.33 bits per heavy atom. The molecule has 0 unspecified atom stereocenters. The van der Waals surface area contributed by atoms with Crippen molar-refractivity contribution in [3.8, 4) is 0 Å². The summed E-state index contributed by atoms with van der Waals surface area (Å²) in [6.45, 7) is 3.26. The molecule has 1 aliphatic heterocycles. The second kappa shape index (κ2) is 7.47. The van der Waals surface area contributed by atoms with Gasteiger partial charge in [-0.1, -0.05) is 0 Å². The molecule has 2 heterocycles. The van der Waals surface area contributed by atoms with Gasteiger partial charge in [-0.05, 0) is 46.0 Å². The lowest BCUT2D eigenvalue weighted by molar-refractivity contribution is 0.0859. The zero-order valence-electron chi connectivity index (χ0n) is 13.0. The quantitative estimate of drug-likeness (QED) is 0.839. The molecule has 2 amide bonds. The van der Waals surface area contributed by atoms with Crippen LogP contribution in [-0.4, -0.2) is 50.3 Å². The first-order chi connectivity index (χ1) is 10.1. The van der Waals surface area contributed by atoms with Crippen LogP contribution in [0.25, 0.3) is 0 Å². The number of likely N-dealkylation sites (N-methyl/N-ethyl adjacent to an activating group) is 1. The van der Waals surface area contributed by atoms with Crippen LogP contribution in [0.15, 0.2) is 22.8 Å². The molecule has 1 aromatic rings. The normalized spacial score (nSPS) is 21.2. The largest absolute Gasteiger partial charge is 0.468 e. The Kier molecular flexibility index (Phi) is 5.64. The zero-order chi connectivity index (χ0) is 15.2. The van der Waals surface area contributed by atoms with Crippen molar-refractivity contribution in [2.45, 2.75) is 38.0 Å². The predicted octanol–water partition coefficient (Wildman–Crippen LogP) is 1.75. The Balaban J connectivity index is 1.79. The van der Waals surface area contributed by atoms with Gasteiger partial charge in [-0.3, -0.25) is 4.90 Å². The predicted molar refractivity (Wildman–Crippen MR) is 80.1 cm³/mol. The lowest BCUT2D eigenvalue weighted by Crippen LogP contribution is -2.47. The topological polar surface area (TPSA) is 66.7 Å². The number of nitrogens with zero attached hydrogens (tertiary/aromatic N) is 1. The van der Waals surface area contributed by atoms with Gasteiger partial charge in [0.05, 0.1) is 24.5 Å². The molecule has 0 aromatic carbocycles. The second-order valence-corrected chi connectivity index (χ2v) is 5.69. The number of carbonyl (C=O) groups is 1. The Labute approximate surface area is 125 Å². The third-order valence-corrected chi connectivity index (χ3v) is 3.83. The van der Waals surface area contributed by atoms with Crippen molar-refractivity contribution in [3.05, 3.63) is 24.2 Å². The van der Waals surface area contributed by atoms with Crippen LogP contribution in [0.2, 0.25) is 0 Å². The van der Waals surface area contributed by atoms with Gasteiger partial charge in [-0.2, -0.15) is 0 Å². The first-order valence-electron chi connectivity index (χ1n) is 7.43. The molecule has 1 aliphatic rings. The van der Waals surface area contributed by atoms with Crippen LogP contribution < -0.4 is 10.6 Å². The number of amides is 2. The van der Waals surface area contributed by atoms with Crippen molar-refractivity contribution in [3.63, 3.8) is 0 Å². The number of urea groups is 1. The Morgan fingerprint density at radius 3 is 2.90 bits per heavy atom. The summed E-state index contributed by atoms with van der Waals surface area (Å²) in [6.07, 6.45) is 3.85. The molecule has 2 rings (SSSR count). The summed E-state index contributed by atoms with van der Waals surface area (Å²) in [5.41, 5.74) is 0. The lowest BCUT2D eigenvalue weighted by atomic mass is 10.1. The van der Waals surface area contributed by atoms with Crippen molar-refractivity contribution in [1.82, 2.24) is 15.5 Å². The molecule has 6 heteroatoms. The summed E-state index contributed by atoms with van der Waals surface area (Å²) in [7, 11) is 3.92. The first kappa shape index (κ1) is 15.9. The molecule has 0 aliphatic carbocycles. The van der Waals surface area contributed by atoms with Crippen LogP contribution in [0.1, 0.15) is 31.6 Å². The molecule has 0 radical (unpaired) electrons. The summed E-state index contributed by atoms with van der Waals surface area (Å²) in [6, 6.07) is 3.64. The molecule has 0 spiro atoms. The highest BCUT2D eigenvalue weighted by atomic mass is 16.5. The average molecular weight is 295 g/mol. The standard InChI is InChI=1S/C15H25N3O3/c1-11(13-6-4-8-20-13)17-15(19)16-10-12(18(2)3)14-7-5-9-21-14/h5,7,9,11-13H,4,6,8,10H2,1-3H3,(H2,16,17,19)/t11-,12-,13+/m0/s1. The summed E-state index contributed by atoms with van der Waals surface area (Å²) in [5, 5.41) is 5.84. The summed E-state index contributed by atoms with van der Waals surface area (Å²) >= 11 is 0. The van der Waals surface area contributed by atoms with Gasteiger partial charge in [0.1, 0.15) is 5.76 Å². The number of nitrogens with one attached hydrogen (secondary N) is 2. The maximum absolute atomic E-state index is 12.0. The van der Waals surface area contributed by atoms with E-state index in [1.54, 1.807) is 6.26 Å². The van der Waals surface area contributed by atoms with Gasteiger partial charge in [-0.25, -0.2) is 4.79 Å². The minimum Gasteiger partial charge on any atom is -0.468 e. The van der Waals surface area contributed by atoms with E-state index in [1.165, 1.54) is 0 Å². The van der Waals surface area contributed by atoms with Crippen LogP contribution in [-0.2, 0) is 4.74 Å². The summed E-state index contributed by atoms with van der Waals surface area (Å²) in [4.78, 5) is 14.0. The van der Waals surface area contributed by atoms with Crippen LogP contribution in [0.5, 0.6) is 0 Å². The van der Waals surface area contributed by atoms with Crippen molar-refractivity contribution >= 4 is 6.03 Å². The zero-order valence-corrected chi connectivity index (χ0v) is 13.0. The van der Waals surface area contributed by atoms with E-state index in [0.29, 0.717) is 6.54 Å². The number of carbonyl (C=O) groups excluding carboxylic acids is 1. The molecule has 1 fully saturated rings. The van der Waals surface area contributed by atoms with Crippen LogP contribution >= 0.6 is 0 Å². The van der Waals surface area contributed by atoms with Crippen molar-refractivity contribution in [2.24, 2.45) is 0 Å². The number of hydrogen-bond acceptors (Lipinski definition) is 4. The molecule has 1 aromatic heterocycles. The molecule has 0 bridgehead atoms. The van der Waals surface area contributed by atoms with E-state index in [-0.39, 0.29) is 24.2 Å². The van der Waals surface area contributed by atoms with Crippen LogP contribution in [0, 0.1) is 0 Å². The van der Waals surface area contributed by atoms with E-state index < -0.39 is 0 Å². The SMILES string of the molecule is C[C@H](NC(=O)NC[C@@H](c1ccco1)N(C)C)[C@H]1CCCO1. The number of furan rings is 1. The van der Waals surface area contributed by atoms with Gasteiger partial charge in [0, 0.05) is 13.2 Å². The third kappa shape index (κ3) is 4.47. The van der Waals surface area contributed by atoms with Crippen LogP contribution in [0.3, 0.4) is 0 Å². The average Bonchev–Trinajstić information content (AvgIpc) is 3.12. The lowest BCUT2D eigenvalue weighted by Gasteiger charge is -2.24. The smallest absolute Gasteiger partial charge is 0.315 e. The number of rotatable bonds is 6. The van der Waals surface area contributed by atoms with E-state index in [2.05, 4.69) is 10.6 Å². The molecular weight excluding hydrogens is 270 g/mol. The van der Waals surface area contributed by atoms with Crippen molar-refractivity contribution < 1.29 is 13.9 Å². The monoisotopic (exact) mass is 295 g/mol. The summed E-state index contributed by atoms with van der Waals surface area (Å²) < 4.78 is 11.0. The van der Waals surface area contributed by atoms with Gasteiger partial charge in [0.15, 0.2) is 0 Å². The Bertz CT molecular complexity index is 427. The number of ether oxygens (including phenoxy) is 1. The van der Waals surface area contributed by atoms with Crippen molar-refractivity contribution in [2.75, 3.05) is 27.2 Å². The highest BCUT2D eigenvalue weighted by molar-refractivity contribution is 5.74. The van der Waals surface area contributed by atoms with E-state index in [1.807, 2.05) is 38.1 Å². The van der Waals surface area contributed by atoms with E-state index in [0.717, 1.165) is 25.2 Å². The van der Waals surface area contributed by atoms with Gasteiger partial charge >= 0.3 is 6.03 Å². The minimum absolute atomic E-state index is 0.0174. The summed E-state index contributed by atoms with van der Waals surface area (Å²) in [5.74, 6) is 0.840. The fraction of sp³-hybridized carbons (Fsp3) is 0.667. The van der Waals surface area contributed by atoms with Crippen LogP contribution in [0.4, 0.5) is 4.79 Å².